The predicted octanol–water partition coefficient (Wildman–Crippen LogP) is 2.84. The number of hydrogen-bond acceptors (Lipinski definition) is 0. The highest BCUT2D eigenvalue weighted by Crippen LogP contribution is 2.37. The molecule has 0 heterocycles. The molecule has 0 aliphatic carbocycles. The van der Waals surface area contributed by atoms with E-state index < -0.39 is 11.7 Å². The Kier molecular flexibility index (Phi) is 3.09. The van der Waals surface area contributed by atoms with Gasteiger partial charge in [-0.15, -0.1) is 0 Å². The van der Waals surface area contributed by atoms with Crippen molar-refractivity contribution in [2.24, 2.45) is 0 Å². The fourth-order valence-corrected chi connectivity index (χ4v) is 1.88. The molecule has 0 unspecified atom stereocenters. The van der Waals surface area contributed by atoms with Crippen molar-refractivity contribution >= 4 is 39.9 Å². The van der Waals surface area contributed by atoms with Gasteiger partial charge in [0.15, 0.2) is 5.69 Å². The number of quaternary nitrogens is 1. The zero-order valence-electron chi connectivity index (χ0n) is 6.25. The van der Waals surface area contributed by atoms with Gasteiger partial charge in [0.25, 0.3) is 0 Å². The van der Waals surface area contributed by atoms with Crippen LogP contribution in [0.2, 0.25) is 5.02 Å². The normalized spacial score (nSPS) is 11.8. The van der Waals surface area contributed by atoms with E-state index >= 15 is 0 Å². The third kappa shape index (κ3) is 2.47. The van der Waals surface area contributed by atoms with Gasteiger partial charge < -0.3 is 5.73 Å². The van der Waals surface area contributed by atoms with Crippen molar-refractivity contribution < 1.29 is 18.9 Å². The van der Waals surface area contributed by atoms with E-state index in [2.05, 4.69) is 5.73 Å². The summed E-state index contributed by atoms with van der Waals surface area (Å²) in [5, 5.41) is 0.0409. The summed E-state index contributed by atoms with van der Waals surface area (Å²) in [5.41, 5.74) is 2.33. The molecule has 1 aromatic carbocycles. The molecule has 0 amide bonds. The number of rotatable bonds is 0. The van der Waals surface area contributed by atoms with Gasteiger partial charge >= 0.3 is 6.18 Å². The minimum atomic E-state index is -4.39. The standard InChI is InChI=1S/C7H4ClF3IN/c8-5-2-3(12)1-4(6(5)13)7(9,10)11/h1-2H,13H2/p+1. The summed E-state index contributed by atoms with van der Waals surface area (Å²) in [5.74, 6) is 0. The first kappa shape index (κ1) is 11.1. The molecule has 1 nitrogen and oxygen atoms in total. The van der Waals surface area contributed by atoms with Crippen molar-refractivity contribution in [2.45, 2.75) is 6.18 Å². The van der Waals surface area contributed by atoms with Crippen LogP contribution in [0.3, 0.4) is 0 Å². The van der Waals surface area contributed by atoms with Crippen LogP contribution >= 0.6 is 34.2 Å². The highest BCUT2D eigenvalue weighted by Gasteiger charge is 2.35. The molecule has 0 saturated carbocycles. The van der Waals surface area contributed by atoms with Crippen molar-refractivity contribution in [2.75, 3.05) is 0 Å². The fourth-order valence-electron chi connectivity index (χ4n) is 0.856. The molecule has 0 aliphatic heterocycles. The smallest absolute Gasteiger partial charge is 0.323 e. The van der Waals surface area contributed by atoms with Crippen molar-refractivity contribution in [1.29, 1.82) is 0 Å². The Morgan fingerprint density at radius 1 is 1.31 bits per heavy atom. The second kappa shape index (κ2) is 3.62. The third-order valence-corrected chi connectivity index (χ3v) is 2.43. The molecule has 72 valence electrons. The zero-order valence-corrected chi connectivity index (χ0v) is 9.17. The average molecular weight is 322 g/mol. The molecule has 0 aromatic heterocycles. The third-order valence-electron chi connectivity index (χ3n) is 1.47. The van der Waals surface area contributed by atoms with E-state index in [1.54, 1.807) is 22.6 Å². The molecule has 0 bridgehead atoms. The lowest BCUT2D eigenvalue weighted by Crippen LogP contribution is -2.43. The van der Waals surface area contributed by atoms with E-state index in [0.717, 1.165) is 6.07 Å². The zero-order chi connectivity index (χ0) is 10.2. The largest absolute Gasteiger partial charge is 0.422 e. The van der Waals surface area contributed by atoms with Crippen LogP contribution in [-0.2, 0) is 6.18 Å². The van der Waals surface area contributed by atoms with E-state index in [1.807, 2.05) is 0 Å². The van der Waals surface area contributed by atoms with Crippen molar-refractivity contribution in [1.82, 2.24) is 0 Å². The molecule has 0 fully saturated rings. The number of benzene rings is 1. The van der Waals surface area contributed by atoms with E-state index in [4.69, 9.17) is 11.6 Å². The van der Waals surface area contributed by atoms with Crippen LogP contribution in [0.4, 0.5) is 18.9 Å². The van der Waals surface area contributed by atoms with Crippen LogP contribution in [0.25, 0.3) is 0 Å². The Bertz CT molecular complexity index is 337. The van der Waals surface area contributed by atoms with Gasteiger partial charge in [-0.25, -0.2) is 0 Å². The van der Waals surface area contributed by atoms with E-state index in [0.29, 0.717) is 3.57 Å². The van der Waals surface area contributed by atoms with Crippen LogP contribution in [0.15, 0.2) is 12.1 Å². The Morgan fingerprint density at radius 2 is 1.85 bits per heavy atom. The summed E-state index contributed by atoms with van der Waals surface area (Å²) in [6.45, 7) is 0. The van der Waals surface area contributed by atoms with Crippen molar-refractivity contribution in [3.05, 3.63) is 26.3 Å². The predicted molar refractivity (Wildman–Crippen MR) is 51.7 cm³/mol. The van der Waals surface area contributed by atoms with Gasteiger partial charge in [-0.3, -0.25) is 0 Å². The number of halogens is 5. The van der Waals surface area contributed by atoms with Gasteiger partial charge in [0.2, 0.25) is 0 Å². The molecule has 0 saturated heterocycles. The maximum absolute atomic E-state index is 12.3. The first-order valence-corrected chi connectivity index (χ1v) is 4.66. The molecular weight excluding hydrogens is 317 g/mol. The molecule has 1 rings (SSSR count). The minimum absolute atomic E-state index is 0.0409. The minimum Gasteiger partial charge on any atom is -0.323 e. The summed E-state index contributed by atoms with van der Waals surface area (Å²) < 4.78 is 37.4. The topological polar surface area (TPSA) is 27.6 Å². The first-order valence-electron chi connectivity index (χ1n) is 3.20. The van der Waals surface area contributed by atoms with Gasteiger partial charge in [0.05, 0.1) is 0 Å². The summed E-state index contributed by atoms with van der Waals surface area (Å²) in [4.78, 5) is 0. The summed E-state index contributed by atoms with van der Waals surface area (Å²) in [6, 6.07) is 2.47. The SMILES string of the molecule is [NH3+]c1c(Cl)cc(I)cc1C(F)(F)F. The lowest BCUT2D eigenvalue weighted by Gasteiger charge is -2.08. The number of hydrogen-bond donors (Lipinski definition) is 1. The maximum atomic E-state index is 12.3. The molecule has 1 aromatic rings. The Labute approximate surface area is 91.2 Å². The van der Waals surface area contributed by atoms with Crippen LogP contribution in [-0.4, -0.2) is 0 Å². The van der Waals surface area contributed by atoms with Crippen molar-refractivity contribution in [3.63, 3.8) is 0 Å². The molecule has 0 atom stereocenters. The van der Waals surface area contributed by atoms with Gasteiger partial charge in [0.1, 0.15) is 10.6 Å². The second-order valence-corrected chi connectivity index (χ2v) is 4.06. The second-order valence-electron chi connectivity index (χ2n) is 2.41. The first-order chi connectivity index (χ1) is 5.82. The van der Waals surface area contributed by atoms with Crippen LogP contribution < -0.4 is 5.73 Å². The van der Waals surface area contributed by atoms with Gasteiger partial charge in [-0.2, -0.15) is 13.2 Å². The monoisotopic (exact) mass is 322 g/mol. The fraction of sp³-hybridized carbons (Fsp3) is 0.143. The van der Waals surface area contributed by atoms with Gasteiger partial charge in [-0.1, -0.05) is 11.6 Å². The van der Waals surface area contributed by atoms with E-state index in [1.165, 1.54) is 6.07 Å². The van der Waals surface area contributed by atoms with E-state index in [9.17, 15) is 13.2 Å². The molecule has 3 N–H and O–H groups in total. The van der Waals surface area contributed by atoms with E-state index in [-0.39, 0.29) is 10.7 Å². The van der Waals surface area contributed by atoms with Crippen LogP contribution in [0.1, 0.15) is 5.56 Å². The molecular formula is C7H5ClF3IN+. The summed E-state index contributed by atoms with van der Waals surface area (Å²) >= 11 is 7.33. The van der Waals surface area contributed by atoms with Gasteiger partial charge in [0, 0.05) is 3.57 Å². The summed E-state index contributed by atoms with van der Waals surface area (Å²) in [7, 11) is 0. The van der Waals surface area contributed by atoms with Crippen LogP contribution in [0, 0.1) is 3.57 Å². The molecule has 13 heavy (non-hydrogen) atoms. The summed E-state index contributed by atoms with van der Waals surface area (Å²) in [6.07, 6.45) is -4.39. The average Bonchev–Trinajstić information content (AvgIpc) is 1.94. The highest BCUT2D eigenvalue weighted by molar-refractivity contribution is 14.1. The lowest BCUT2D eigenvalue weighted by molar-refractivity contribution is -0.262. The molecule has 0 radical (unpaired) electrons. The Morgan fingerprint density at radius 3 is 2.31 bits per heavy atom. The maximum Gasteiger partial charge on any atom is 0.422 e. The van der Waals surface area contributed by atoms with Crippen molar-refractivity contribution in [3.8, 4) is 0 Å². The molecule has 0 spiro atoms. The Balaban J connectivity index is 3.37. The Hall–Kier alpha value is -0.0100. The molecule has 6 heteroatoms. The quantitative estimate of drug-likeness (QED) is 0.712. The van der Waals surface area contributed by atoms with Gasteiger partial charge in [-0.05, 0) is 34.7 Å². The lowest BCUT2D eigenvalue weighted by atomic mass is 10.2. The van der Waals surface area contributed by atoms with Crippen LogP contribution in [0.5, 0.6) is 0 Å². The molecule has 0 aliphatic rings. The highest BCUT2D eigenvalue weighted by atomic mass is 127. The number of alkyl halides is 3.